The Balaban J connectivity index is 2.00. The lowest BCUT2D eigenvalue weighted by molar-refractivity contribution is 0.0690. The number of rotatable bonds is 4. The third-order valence-corrected chi connectivity index (χ3v) is 4.53. The molecule has 0 aliphatic heterocycles. The third-order valence-electron chi connectivity index (χ3n) is 4.53. The van der Waals surface area contributed by atoms with Crippen molar-refractivity contribution in [3.8, 4) is 0 Å². The van der Waals surface area contributed by atoms with Crippen LogP contribution in [0.25, 0.3) is 0 Å². The maximum Gasteiger partial charge on any atom is 0.354 e. The van der Waals surface area contributed by atoms with E-state index in [0.29, 0.717) is 12.6 Å². The van der Waals surface area contributed by atoms with Gasteiger partial charge in [-0.1, -0.05) is 33.8 Å². The van der Waals surface area contributed by atoms with E-state index in [1.54, 1.807) is 6.07 Å². The van der Waals surface area contributed by atoms with Crippen molar-refractivity contribution in [3.63, 3.8) is 0 Å². The molecule has 0 radical (unpaired) electrons. The molecule has 2 rings (SSSR count). The van der Waals surface area contributed by atoms with E-state index in [1.165, 1.54) is 6.07 Å². The zero-order chi connectivity index (χ0) is 13.6. The Hall–Kier alpha value is -1.42. The third kappa shape index (κ3) is 2.01. The van der Waals surface area contributed by atoms with Gasteiger partial charge in [0.25, 0.3) is 0 Å². The Morgan fingerprint density at radius 3 is 2.44 bits per heavy atom. The fraction of sp³-hybridized carbons (Fsp3) is 0.571. The van der Waals surface area contributed by atoms with Gasteiger partial charge in [-0.25, -0.2) is 9.78 Å². The molecule has 0 bridgehead atoms. The number of pyridine rings is 1. The number of carboxylic acid groups (broad SMARTS) is 1. The Morgan fingerprint density at radius 2 is 1.94 bits per heavy atom. The van der Waals surface area contributed by atoms with Crippen molar-refractivity contribution in [2.24, 2.45) is 10.8 Å². The summed E-state index contributed by atoms with van der Waals surface area (Å²) in [6, 6.07) is 5.54. The van der Waals surface area contributed by atoms with Crippen LogP contribution in [0.5, 0.6) is 0 Å². The van der Waals surface area contributed by atoms with Gasteiger partial charge >= 0.3 is 5.97 Å². The van der Waals surface area contributed by atoms with Crippen LogP contribution in [0.3, 0.4) is 0 Å². The molecule has 1 aliphatic rings. The first-order valence-corrected chi connectivity index (χ1v) is 6.19. The van der Waals surface area contributed by atoms with Crippen molar-refractivity contribution in [1.82, 2.24) is 10.3 Å². The minimum atomic E-state index is -0.982. The molecule has 1 fully saturated rings. The predicted molar refractivity (Wildman–Crippen MR) is 69.4 cm³/mol. The number of nitrogens with one attached hydrogen (secondary N) is 1. The molecule has 0 unspecified atom stereocenters. The molecular formula is C14H20N2O2. The summed E-state index contributed by atoms with van der Waals surface area (Å²) in [6.07, 6.45) is 0. The smallest absolute Gasteiger partial charge is 0.354 e. The fourth-order valence-corrected chi connectivity index (χ4v) is 2.61. The quantitative estimate of drug-likeness (QED) is 0.858. The van der Waals surface area contributed by atoms with E-state index in [9.17, 15) is 4.79 Å². The van der Waals surface area contributed by atoms with Gasteiger partial charge in [0.2, 0.25) is 0 Å². The Labute approximate surface area is 107 Å². The number of nitrogens with zero attached hydrogens (tertiary/aromatic N) is 1. The molecule has 2 N–H and O–H groups in total. The van der Waals surface area contributed by atoms with Crippen LogP contribution < -0.4 is 5.32 Å². The Bertz CT molecular complexity index is 466. The summed E-state index contributed by atoms with van der Waals surface area (Å²) in [7, 11) is 0. The van der Waals surface area contributed by atoms with Crippen LogP contribution in [-0.4, -0.2) is 22.1 Å². The highest BCUT2D eigenvalue weighted by molar-refractivity contribution is 5.85. The van der Waals surface area contributed by atoms with Crippen LogP contribution in [0.15, 0.2) is 18.2 Å². The van der Waals surface area contributed by atoms with Crippen LogP contribution in [-0.2, 0) is 6.54 Å². The SMILES string of the molecule is CC1(C)C(NCc2cccc(C(=O)O)n2)C1(C)C. The number of hydrogen-bond donors (Lipinski definition) is 2. The van der Waals surface area contributed by atoms with Crippen LogP contribution in [0.2, 0.25) is 0 Å². The highest BCUT2D eigenvalue weighted by Gasteiger charge is 2.64. The Morgan fingerprint density at radius 1 is 1.33 bits per heavy atom. The van der Waals surface area contributed by atoms with Crippen molar-refractivity contribution in [2.45, 2.75) is 40.3 Å². The average molecular weight is 248 g/mol. The zero-order valence-electron chi connectivity index (χ0n) is 11.3. The predicted octanol–water partition coefficient (Wildman–Crippen LogP) is 2.30. The summed E-state index contributed by atoms with van der Waals surface area (Å²) in [4.78, 5) is 14.9. The molecule has 0 aromatic carbocycles. The fourth-order valence-electron chi connectivity index (χ4n) is 2.61. The normalized spacial score (nSPS) is 20.7. The van der Waals surface area contributed by atoms with Gasteiger partial charge in [0, 0.05) is 12.6 Å². The molecule has 1 saturated carbocycles. The highest BCUT2D eigenvalue weighted by Crippen LogP contribution is 2.62. The first kappa shape index (κ1) is 13.0. The lowest BCUT2D eigenvalue weighted by Gasteiger charge is -2.06. The molecule has 1 aromatic heterocycles. The van der Waals surface area contributed by atoms with Crippen molar-refractivity contribution in [3.05, 3.63) is 29.6 Å². The largest absolute Gasteiger partial charge is 0.477 e. The van der Waals surface area contributed by atoms with Gasteiger partial charge in [0.15, 0.2) is 0 Å². The van der Waals surface area contributed by atoms with E-state index < -0.39 is 5.97 Å². The number of aromatic carboxylic acids is 1. The second-order valence-electron chi connectivity index (χ2n) is 6.08. The molecule has 1 heterocycles. The monoisotopic (exact) mass is 248 g/mol. The number of carboxylic acids is 1. The zero-order valence-corrected chi connectivity index (χ0v) is 11.3. The van der Waals surface area contributed by atoms with E-state index >= 15 is 0 Å². The number of hydrogen-bond acceptors (Lipinski definition) is 3. The van der Waals surface area contributed by atoms with Gasteiger partial charge in [0.1, 0.15) is 5.69 Å². The first-order chi connectivity index (χ1) is 8.26. The van der Waals surface area contributed by atoms with Crippen LogP contribution >= 0.6 is 0 Å². The molecule has 98 valence electrons. The van der Waals surface area contributed by atoms with Gasteiger partial charge in [-0.2, -0.15) is 0 Å². The summed E-state index contributed by atoms with van der Waals surface area (Å²) in [5.41, 5.74) is 1.42. The number of carbonyl (C=O) groups is 1. The second kappa shape index (κ2) is 4.05. The molecular weight excluding hydrogens is 228 g/mol. The molecule has 0 saturated heterocycles. The molecule has 1 aromatic rings. The van der Waals surface area contributed by atoms with Gasteiger partial charge < -0.3 is 10.4 Å². The maximum absolute atomic E-state index is 10.8. The van der Waals surface area contributed by atoms with Gasteiger partial charge in [-0.05, 0) is 23.0 Å². The standard InChI is InChI=1S/C14H20N2O2/c1-13(2)12(14(13,3)4)15-8-9-6-5-7-10(16-9)11(17)18/h5-7,12,15H,8H2,1-4H3,(H,17,18). The molecule has 4 nitrogen and oxygen atoms in total. The number of aromatic nitrogens is 1. The average Bonchev–Trinajstić information content (AvgIpc) is 2.67. The van der Waals surface area contributed by atoms with E-state index in [-0.39, 0.29) is 16.5 Å². The van der Waals surface area contributed by atoms with Gasteiger partial charge in [-0.3, -0.25) is 0 Å². The minimum Gasteiger partial charge on any atom is -0.477 e. The summed E-state index contributed by atoms with van der Waals surface area (Å²) in [5, 5.41) is 12.3. The molecule has 0 amide bonds. The summed E-state index contributed by atoms with van der Waals surface area (Å²) in [6.45, 7) is 9.58. The van der Waals surface area contributed by atoms with Crippen molar-refractivity contribution >= 4 is 5.97 Å². The van der Waals surface area contributed by atoms with Crippen LogP contribution in [0.4, 0.5) is 0 Å². The Kier molecular flexibility index (Phi) is 2.93. The lowest BCUT2D eigenvalue weighted by Crippen LogP contribution is -2.22. The summed E-state index contributed by atoms with van der Waals surface area (Å²) < 4.78 is 0. The van der Waals surface area contributed by atoms with Gasteiger partial charge in [0.05, 0.1) is 5.69 Å². The molecule has 0 atom stereocenters. The molecule has 0 spiro atoms. The lowest BCUT2D eigenvalue weighted by atomic mass is 10.0. The summed E-state index contributed by atoms with van der Waals surface area (Å²) in [5.74, 6) is -0.982. The van der Waals surface area contributed by atoms with Crippen molar-refractivity contribution in [1.29, 1.82) is 0 Å². The molecule has 4 heteroatoms. The van der Waals surface area contributed by atoms with Crippen molar-refractivity contribution in [2.75, 3.05) is 0 Å². The highest BCUT2D eigenvalue weighted by atomic mass is 16.4. The van der Waals surface area contributed by atoms with Crippen LogP contribution in [0, 0.1) is 10.8 Å². The van der Waals surface area contributed by atoms with E-state index in [2.05, 4.69) is 38.0 Å². The minimum absolute atomic E-state index is 0.101. The van der Waals surface area contributed by atoms with Crippen molar-refractivity contribution < 1.29 is 9.90 Å². The topological polar surface area (TPSA) is 62.2 Å². The molecule has 1 aliphatic carbocycles. The molecule has 18 heavy (non-hydrogen) atoms. The first-order valence-electron chi connectivity index (χ1n) is 6.19. The maximum atomic E-state index is 10.8. The van der Waals surface area contributed by atoms with Gasteiger partial charge in [-0.15, -0.1) is 0 Å². The van der Waals surface area contributed by atoms with E-state index in [0.717, 1.165) is 5.69 Å². The van der Waals surface area contributed by atoms with E-state index in [1.807, 2.05) is 6.07 Å². The second-order valence-corrected chi connectivity index (χ2v) is 6.08. The van der Waals surface area contributed by atoms with Crippen LogP contribution in [0.1, 0.15) is 43.9 Å². The summed E-state index contributed by atoms with van der Waals surface area (Å²) >= 11 is 0. The van der Waals surface area contributed by atoms with E-state index in [4.69, 9.17) is 5.11 Å².